The number of piperidine rings is 1. The molecule has 2 aliphatic heterocycles. The molecular weight excluding hydrogens is 436 g/mol. The van der Waals surface area contributed by atoms with Crippen LogP contribution in [0.25, 0.3) is 0 Å². The van der Waals surface area contributed by atoms with Gasteiger partial charge < -0.3 is 10.1 Å². The minimum atomic E-state index is -3.53. The van der Waals surface area contributed by atoms with Gasteiger partial charge in [-0.1, -0.05) is 49.7 Å². The summed E-state index contributed by atoms with van der Waals surface area (Å²) in [7, 11) is -3.53. The van der Waals surface area contributed by atoms with Gasteiger partial charge in [-0.3, -0.25) is 4.79 Å². The third kappa shape index (κ3) is 4.80. The molecule has 0 aromatic heterocycles. The summed E-state index contributed by atoms with van der Waals surface area (Å²) >= 11 is 0. The molecule has 0 aliphatic carbocycles. The van der Waals surface area contributed by atoms with E-state index in [1.807, 2.05) is 43.3 Å². The Hall–Kier alpha value is -2.38. The maximum atomic E-state index is 13.2. The normalized spacial score (nSPS) is 21.1. The number of aryl methyl sites for hydroxylation is 1. The van der Waals surface area contributed by atoms with Crippen LogP contribution in [-0.4, -0.2) is 37.3 Å². The first-order chi connectivity index (χ1) is 15.8. The minimum absolute atomic E-state index is 0.00481. The van der Waals surface area contributed by atoms with Crippen LogP contribution in [0, 0.1) is 12.8 Å². The van der Waals surface area contributed by atoms with Crippen molar-refractivity contribution in [1.29, 1.82) is 0 Å². The molecule has 1 fully saturated rings. The van der Waals surface area contributed by atoms with E-state index in [4.69, 9.17) is 4.74 Å². The number of carbonyl (C=O) groups excluding carboxylic acids is 1. The highest BCUT2D eigenvalue weighted by Crippen LogP contribution is 2.42. The maximum Gasteiger partial charge on any atom is 0.243 e. The number of amides is 1. The number of rotatable bonds is 6. The number of carbonyl (C=O) groups is 1. The van der Waals surface area contributed by atoms with Crippen LogP contribution in [0.15, 0.2) is 53.4 Å². The number of benzene rings is 2. The van der Waals surface area contributed by atoms with Crippen molar-refractivity contribution in [1.82, 2.24) is 9.62 Å². The average Bonchev–Trinajstić information content (AvgIpc) is 2.84. The first-order valence-electron chi connectivity index (χ1n) is 11.9. The average molecular weight is 471 g/mol. The maximum absolute atomic E-state index is 13.2. The lowest BCUT2D eigenvalue weighted by molar-refractivity contribution is -0.127. The van der Waals surface area contributed by atoms with Crippen LogP contribution in [-0.2, 0) is 14.8 Å². The van der Waals surface area contributed by atoms with E-state index < -0.39 is 10.0 Å². The van der Waals surface area contributed by atoms with E-state index in [9.17, 15) is 13.2 Å². The van der Waals surface area contributed by atoms with Gasteiger partial charge in [0.15, 0.2) is 0 Å². The van der Waals surface area contributed by atoms with Crippen LogP contribution in [0.3, 0.4) is 0 Å². The molecule has 1 N–H and O–H groups in total. The molecule has 0 bridgehead atoms. The zero-order chi connectivity index (χ0) is 23.6. The van der Waals surface area contributed by atoms with Gasteiger partial charge in [-0.25, -0.2) is 8.42 Å². The van der Waals surface area contributed by atoms with Crippen LogP contribution in [0.5, 0.6) is 5.75 Å². The number of hydrogen-bond acceptors (Lipinski definition) is 4. The van der Waals surface area contributed by atoms with Crippen molar-refractivity contribution in [3.05, 3.63) is 59.7 Å². The van der Waals surface area contributed by atoms with Crippen LogP contribution in [0.1, 0.15) is 63.1 Å². The lowest BCUT2D eigenvalue weighted by atomic mass is 9.83. The summed E-state index contributed by atoms with van der Waals surface area (Å²) in [6, 6.07) is 14.8. The summed E-state index contributed by atoms with van der Waals surface area (Å²) in [4.78, 5) is 13.5. The minimum Gasteiger partial charge on any atom is -0.487 e. The van der Waals surface area contributed by atoms with E-state index in [-0.39, 0.29) is 23.5 Å². The SMILES string of the molecule is CCC1(CC)C[C@@H](NC(=O)C2CCN(S(=O)(=O)c3ccc(C)cc3)CC2)c2ccccc2O1. The molecule has 0 radical (unpaired) electrons. The molecule has 2 aromatic carbocycles. The van der Waals surface area contributed by atoms with Gasteiger partial charge in [0, 0.05) is 31.0 Å². The van der Waals surface area contributed by atoms with E-state index >= 15 is 0 Å². The molecule has 4 rings (SSSR count). The predicted molar refractivity (Wildman–Crippen MR) is 129 cm³/mol. The fourth-order valence-electron chi connectivity index (χ4n) is 4.94. The van der Waals surface area contributed by atoms with Gasteiger partial charge in [0.25, 0.3) is 0 Å². The van der Waals surface area contributed by atoms with E-state index in [1.54, 1.807) is 12.1 Å². The summed E-state index contributed by atoms with van der Waals surface area (Å²) in [6.45, 7) is 6.89. The second-order valence-corrected chi connectivity index (χ2v) is 11.2. The second kappa shape index (κ2) is 9.47. The summed E-state index contributed by atoms with van der Waals surface area (Å²) in [5.74, 6) is 0.657. The lowest BCUT2D eigenvalue weighted by Gasteiger charge is -2.42. The van der Waals surface area contributed by atoms with Gasteiger partial charge >= 0.3 is 0 Å². The number of para-hydroxylation sites is 1. The first kappa shape index (κ1) is 23.8. The molecule has 1 atom stereocenters. The monoisotopic (exact) mass is 470 g/mol. The van der Waals surface area contributed by atoms with Gasteiger partial charge in [-0.05, 0) is 50.8 Å². The van der Waals surface area contributed by atoms with Crippen molar-refractivity contribution in [2.45, 2.75) is 69.4 Å². The standard InChI is InChI=1S/C26H34N2O4S/c1-4-26(5-2)18-23(22-8-6-7-9-24(22)32-26)27-25(29)20-14-16-28(17-15-20)33(30,31)21-12-10-19(3)11-13-21/h6-13,20,23H,4-5,14-18H2,1-3H3,(H,27,29)/t23-/m1/s1. The Labute approximate surface area is 197 Å². The van der Waals surface area contributed by atoms with Crippen molar-refractivity contribution in [2.75, 3.05) is 13.1 Å². The van der Waals surface area contributed by atoms with Crippen LogP contribution < -0.4 is 10.1 Å². The molecule has 2 aromatic rings. The number of sulfonamides is 1. The van der Waals surface area contributed by atoms with Crippen molar-refractivity contribution < 1.29 is 17.9 Å². The van der Waals surface area contributed by atoms with E-state index in [0.717, 1.165) is 36.1 Å². The fourth-order valence-corrected chi connectivity index (χ4v) is 6.41. The number of nitrogens with zero attached hydrogens (tertiary/aromatic N) is 1. The summed E-state index contributed by atoms with van der Waals surface area (Å²) in [5, 5.41) is 3.27. The zero-order valence-electron chi connectivity index (χ0n) is 19.7. The Morgan fingerprint density at radius 3 is 2.33 bits per heavy atom. The van der Waals surface area contributed by atoms with Crippen molar-refractivity contribution in [3.8, 4) is 5.75 Å². The molecule has 33 heavy (non-hydrogen) atoms. The third-order valence-corrected chi connectivity index (χ3v) is 9.20. The molecule has 2 heterocycles. The van der Waals surface area contributed by atoms with Gasteiger partial charge in [0.05, 0.1) is 10.9 Å². The molecule has 7 heteroatoms. The lowest BCUT2D eigenvalue weighted by Crippen LogP contribution is -2.47. The largest absolute Gasteiger partial charge is 0.487 e. The number of ether oxygens (including phenoxy) is 1. The number of fused-ring (bicyclic) bond motifs is 1. The smallest absolute Gasteiger partial charge is 0.243 e. The Morgan fingerprint density at radius 2 is 1.70 bits per heavy atom. The van der Waals surface area contributed by atoms with E-state index in [0.29, 0.717) is 30.8 Å². The number of nitrogens with one attached hydrogen (secondary N) is 1. The molecule has 2 aliphatic rings. The Kier molecular flexibility index (Phi) is 6.82. The quantitative estimate of drug-likeness (QED) is 0.670. The molecule has 178 valence electrons. The van der Waals surface area contributed by atoms with Gasteiger partial charge in [-0.15, -0.1) is 0 Å². The van der Waals surface area contributed by atoms with E-state index in [2.05, 4.69) is 19.2 Å². The second-order valence-electron chi connectivity index (χ2n) is 9.29. The van der Waals surface area contributed by atoms with E-state index in [1.165, 1.54) is 4.31 Å². The first-order valence-corrected chi connectivity index (χ1v) is 13.4. The Balaban J connectivity index is 1.42. The fraction of sp³-hybridized carbons (Fsp3) is 0.500. The van der Waals surface area contributed by atoms with Crippen LogP contribution >= 0.6 is 0 Å². The molecule has 0 saturated carbocycles. The molecule has 1 amide bonds. The highest BCUT2D eigenvalue weighted by Gasteiger charge is 2.40. The highest BCUT2D eigenvalue weighted by atomic mass is 32.2. The van der Waals surface area contributed by atoms with Gasteiger partial charge in [0.1, 0.15) is 11.4 Å². The summed E-state index contributed by atoms with van der Waals surface area (Å²) < 4.78 is 33.8. The Morgan fingerprint density at radius 1 is 1.06 bits per heavy atom. The van der Waals surface area contributed by atoms with Crippen molar-refractivity contribution in [2.24, 2.45) is 5.92 Å². The third-order valence-electron chi connectivity index (χ3n) is 7.29. The molecule has 1 saturated heterocycles. The van der Waals surface area contributed by atoms with Crippen LogP contribution in [0.4, 0.5) is 0 Å². The van der Waals surface area contributed by atoms with Crippen LogP contribution in [0.2, 0.25) is 0 Å². The van der Waals surface area contributed by atoms with Gasteiger partial charge in [0.2, 0.25) is 15.9 Å². The molecule has 0 unspecified atom stereocenters. The van der Waals surface area contributed by atoms with Crippen molar-refractivity contribution >= 4 is 15.9 Å². The molecule has 6 nitrogen and oxygen atoms in total. The summed E-state index contributed by atoms with van der Waals surface area (Å²) in [5.41, 5.74) is 1.76. The summed E-state index contributed by atoms with van der Waals surface area (Å²) in [6.07, 6.45) is 3.53. The predicted octanol–water partition coefficient (Wildman–Crippen LogP) is 4.59. The molecular formula is C26H34N2O4S. The molecule has 0 spiro atoms. The zero-order valence-corrected chi connectivity index (χ0v) is 20.5. The number of hydrogen-bond donors (Lipinski definition) is 1. The topological polar surface area (TPSA) is 75.7 Å². The van der Waals surface area contributed by atoms with Crippen molar-refractivity contribution in [3.63, 3.8) is 0 Å². The van der Waals surface area contributed by atoms with Gasteiger partial charge in [-0.2, -0.15) is 4.31 Å². The highest BCUT2D eigenvalue weighted by molar-refractivity contribution is 7.89. The Bertz CT molecular complexity index is 1090.